The maximum atomic E-state index is 12.2. The summed E-state index contributed by atoms with van der Waals surface area (Å²) >= 11 is 0. The van der Waals surface area contributed by atoms with Crippen molar-refractivity contribution in [3.8, 4) is 11.8 Å². The minimum atomic E-state index is -0.169. The van der Waals surface area contributed by atoms with Gasteiger partial charge in [0, 0.05) is 50.6 Å². The van der Waals surface area contributed by atoms with Crippen LogP contribution in [0.2, 0.25) is 0 Å². The van der Waals surface area contributed by atoms with Crippen LogP contribution in [0.1, 0.15) is 22.3 Å². The molecule has 0 atom stereocenters. The molecule has 0 bridgehead atoms. The van der Waals surface area contributed by atoms with Crippen LogP contribution in [0.3, 0.4) is 0 Å². The molecule has 0 aliphatic carbocycles. The number of pyridine rings is 1. The van der Waals surface area contributed by atoms with E-state index in [1.165, 1.54) is 6.20 Å². The summed E-state index contributed by atoms with van der Waals surface area (Å²) in [6.45, 7) is 3.53. The van der Waals surface area contributed by atoms with Gasteiger partial charge in [0.1, 0.15) is 0 Å². The quantitative estimate of drug-likeness (QED) is 0.748. The number of hydrogen-bond donors (Lipinski definition) is 2. The monoisotopic (exact) mass is 288 g/mol. The number of carbonyl (C=O) groups excluding carboxylic acids is 1. The largest absolute Gasteiger partial charge is 0.395 e. The van der Waals surface area contributed by atoms with E-state index >= 15 is 0 Å². The molecule has 21 heavy (non-hydrogen) atoms. The molecule has 0 aromatic carbocycles. The first kappa shape index (κ1) is 15.4. The Balaban J connectivity index is 1.96. The number of hydrogen-bond acceptors (Lipinski definition) is 5. The number of piperazine rings is 1. The molecule has 1 saturated heterocycles. The molecule has 2 N–H and O–H groups in total. The standard InChI is InChI=1S/C15H20N4O2/c1-18-5-7-19(8-6-18)17-15(21)14-10-13(11-16-12-14)4-2-3-9-20/h10-12,20H,3,5-9H2,1H3,(H,17,21). The first-order valence-corrected chi connectivity index (χ1v) is 6.98. The first-order valence-electron chi connectivity index (χ1n) is 6.98. The van der Waals surface area contributed by atoms with E-state index in [4.69, 9.17) is 5.11 Å². The zero-order chi connectivity index (χ0) is 15.1. The Hall–Kier alpha value is -1.94. The highest BCUT2D eigenvalue weighted by atomic mass is 16.2. The molecule has 0 radical (unpaired) electrons. The lowest BCUT2D eigenvalue weighted by Gasteiger charge is -2.32. The number of aromatic nitrogens is 1. The van der Waals surface area contributed by atoms with Gasteiger partial charge in [0.25, 0.3) is 5.91 Å². The average Bonchev–Trinajstić information content (AvgIpc) is 2.50. The summed E-state index contributed by atoms with van der Waals surface area (Å²) in [5, 5.41) is 10.6. The Labute approximate surface area is 124 Å². The molecule has 1 fully saturated rings. The third kappa shape index (κ3) is 4.83. The zero-order valence-corrected chi connectivity index (χ0v) is 12.2. The van der Waals surface area contributed by atoms with Crippen molar-refractivity contribution in [3.05, 3.63) is 29.6 Å². The molecule has 1 aromatic heterocycles. The Morgan fingerprint density at radius 1 is 1.38 bits per heavy atom. The summed E-state index contributed by atoms with van der Waals surface area (Å²) in [5.41, 5.74) is 4.06. The van der Waals surface area contributed by atoms with Crippen LogP contribution in [0.5, 0.6) is 0 Å². The van der Waals surface area contributed by atoms with E-state index < -0.39 is 0 Å². The van der Waals surface area contributed by atoms with Crippen molar-refractivity contribution in [1.29, 1.82) is 0 Å². The second-order valence-electron chi connectivity index (χ2n) is 4.97. The minimum absolute atomic E-state index is 0.0318. The lowest BCUT2D eigenvalue weighted by molar-refractivity contribution is 0.0662. The Bertz CT molecular complexity index is 542. The van der Waals surface area contributed by atoms with Crippen molar-refractivity contribution in [2.75, 3.05) is 39.8 Å². The van der Waals surface area contributed by atoms with Crippen molar-refractivity contribution in [2.24, 2.45) is 0 Å². The summed E-state index contributed by atoms with van der Waals surface area (Å²) in [6, 6.07) is 1.71. The van der Waals surface area contributed by atoms with Crippen LogP contribution in [-0.4, -0.2) is 65.7 Å². The fourth-order valence-electron chi connectivity index (χ4n) is 1.98. The van der Waals surface area contributed by atoms with Crippen LogP contribution in [0.25, 0.3) is 0 Å². The number of nitrogens with one attached hydrogen (secondary N) is 1. The Morgan fingerprint density at radius 2 is 2.14 bits per heavy atom. The molecule has 1 aromatic rings. The third-order valence-electron chi connectivity index (χ3n) is 3.23. The van der Waals surface area contributed by atoms with Crippen LogP contribution < -0.4 is 5.43 Å². The summed E-state index contributed by atoms with van der Waals surface area (Å²) in [6.07, 6.45) is 3.55. The Morgan fingerprint density at radius 3 is 2.86 bits per heavy atom. The van der Waals surface area contributed by atoms with Crippen LogP contribution >= 0.6 is 0 Å². The fourth-order valence-corrected chi connectivity index (χ4v) is 1.98. The van der Waals surface area contributed by atoms with Gasteiger partial charge in [0.05, 0.1) is 12.2 Å². The van der Waals surface area contributed by atoms with Crippen molar-refractivity contribution >= 4 is 5.91 Å². The lowest BCUT2D eigenvalue weighted by Crippen LogP contribution is -2.52. The molecule has 1 amide bonds. The van der Waals surface area contributed by atoms with Gasteiger partial charge >= 0.3 is 0 Å². The maximum Gasteiger partial charge on any atom is 0.267 e. The summed E-state index contributed by atoms with van der Waals surface area (Å²) < 4.78 is 0. The highest BCUT2D eigenvalue weighted by Crippen LogP contribution is 2.03. The average molecular weight is 288 g/mol. The van der Waals surface area contributed by atoms with E-state index in [1.807, 2.05) is 5.01 Å². The van der Waals surface area contributed by atoms with Gasteiger partial charge in [-0.25, -0.2) is 5.01 Å². The smallest absolute Gasteiger partial charge is 0.267 e. The topological polar surface area (TPSA) is 68.7 Å². The highest BCUT2D eigenvalue weighted by molar-refractivity contribution is 5.93. The van der Waals surface area contributed by atoms with Crippen molar-refractivity contribution < 1.29 is 9.90 Å². The van der Waals surface area contributed by atoms with Crippen molar-refractivity contribution in [3.63, 3.8) is 0 Å². The number of amides is 1. The number of aliphatic hydroxyl groups is 1. The predicted octanol–water partition coefficient (Wildman–Crippen LogP) is -0.292. The number of carbonyl (C=O) groups is 1. The van der Waals surface area contributed by atoms with Crippen LogP contribution in [0.4, 0.5) is 0 Å². The van der Waals surface area contributed by atoms with Gasteiger partial charge in [-0.3, -0.25) is 15.2 Å². The number of likely N-dealkylation sites (N-methyl/N-ethyl adjacent to an activating group) is 1. The molecule has 2 heterocycles. The van der Waals surface area contributed by atoms with Gasteiger partial charge in [-0.1, -0.05) is 11.8 Å². The summed E-state index contributed by atoms with van der Waals surface area (Å²) in [7, 11) is 2.07. The Kier molecular flexibility index (Phi) is 5.69. The molecule has 1 aliphatic rings. The molecule has 6 nitrogen and oxygen atoms in total. The lowest BCUT2D eigenvalue weighted by atomic mass is 10.2. The highest BCUT2D eigenvalue weighted by Gasteiger charge is 2.16. The van der Waals surface area contributed by atoms with Gasteiger partial charge < -0.3 is 10.0 Å². The number of hydrazine groups is 1. The molecule has 1 aliphatic heterocycles. The summed E-state index contributed by atoms with van der Waals surface area (Å²) in [4.78, 5) is 18.4. The van der Waals surface area contributed by atoms with Crippen molar-refractivity contribution in [2.45, 2.75) is 6.42 Å². The molecular formula is C15H20N4O2. The van der Waals surface area contributed by atoms with E-state index in [-0.39, 0.29) is 12.5 Å². The second-order valence-corrected chi connectivity index (χ2v) is 4.97. The first-order chi connectivity index (χ1) is 10.2. The van der Waals surface area contributed by atoms with E-state index in [9.17, 15) is 4.79 Å². The van der Waals surface area contributed by atoms with Gasteiger partial charge in [0.2, 0.25) is 0 Å². The van der Waals surface area contributed by atoms with E-state index in [1.54, 1.807) is 12.3 Å². The molecule has 2 rings (SSSR count). The number of rotatable bonds is 3. The van der Waals surface area contributed by atoms with E-state index in [0.717, 1.165) is 26.2 Å². The fraction of sp³-hybridized carbons (Fsp3) is 0.467. The van der Waals surface area contributed by atoms with Gasteiger partial charge in [0.15, 0.2) is 0 Å². The number of nitrogens with zero attached hydrogens (tertiary/aromatic N) is 3. The predicted molar refractivity (Wildman–Crippen MR) is 79.4 cm³/mol. The normalized spacial score (nSPS) is 16.1. The SMILES string of the molecule is CN1CCN(NC(=O)c2cncc(C#CCCO)c2)CC1. The minimum Gasteiger partial charge on any atom is -0.395 e. The van der Waals surface area contributed by atoms with Crippen LogP contribution in [-0.2, 0) is 0 Å². The van der Waals surface area contributed by atoms with Crippen molar-refractivity contribution in [1.82, 2.24) is 20.3 Å². The molecular weight excluding hydrogens is 268 g/mol. The number of aliphatic hydroxyl groups excluding tert-OH is 1. The zero-order valence-electron chi connectivity index (χ0n) is 12.2. The molecule has 0 spiro atoms. The molecule has 0 unspecified atom stereocenters. The van der Waals surface area contributed by atoms with Gasteiger partial charge in [-0.2, -0.15) is 0 Å². The molecule has 112 valence electrons. The van der Waals surface area contributed by atoms with E-state index in [0.29, 0.717) is 17.5 Å². The molecule has 0 saturated carbocycles. The van der Waals surface area contributed by atoms with E-state index in [2.05, 4.69) is 34.2 Å². The van der Waals surface area contributed by atoms with Gasteiger partial charge in [-0.15, -0.1) is 0 Å². The molecule has 6 heteroatoms. The van der Waals surface area contributed by atoms with Crippen LogP contribution in [0.15, 0.2) is 18.5 Å². The van der Waals surface area contributed by atoms with Crippen LogP contribution in [0, 0.1) is 11.8 Å². The third-order valence-corrected chi connectivity index (χ3v) is 3.23. The summed E-state index contributed by atoms with van der Waals surface area (Å²) in [5.74, 6) is 5.52. The second kappa shape index (κ2) is 7.74. The maximum absolute atomic E-state index is 12.2. The van der Waals surface area contributed by atoms with Gasteiger partial charge in [-0.05, 0) is 13.1 Å².